The second-order valence-electron chi connectivity index (χ2n) is 6.49. The van der Waals surface area contributed by atoms with Crippen molar-refractivity contribution in [2.75, 3.05) is 26.2 Å². The molecule has 1 aromatic rings. The zero-order valence-electron chi connectivity index (χ0n) is 12.9. The molecule has 0 saturated carbocycles. The van der Waals surface area contributed by atoms with Gasteiger partial charge in [-0.1, -0.05) is 0 Å². The summed E-state index contributed by atoms with van der Waals surface area (Å²) in [5.41, 5.74) is 1.52. The largest absolute Gasteiger partial charge is 0.507 e. The van der Waals surface area contributed by atoms with Gasteiger partial charge >= 0.3 is 0 Å². The Morgan fingerprint density at radius 2 is 1.77 bits per heavy atom. The predicted molar refractivity (Wildman–Crippen MR) is 82.9 cm³/mol. The topological polar surface area (TPSA) is 71.0 Å². The second-order valence-corrected chi connectivity index (χ2v) is 6.49. The van der Waals surface area contributed by atoms with Crippen LogP contribution in [0.5, 0.6) is 5.75 Å². The summed E-state index contributed by atoms with van der Waals surface area (Å²) in [6.45, 7) is 5.48. The number of hydrogen-bond donors (Lipinski definition) is 2. The average Bonchev–Trinajstić information content (AvgIpc) is 3.16. The van der Waals surface area contributed by atoms with Gasteiger partial charge in [0.25, 0.3) is 5.69 Å². The Morgan fingerprint density at radius 3 is 2.41 bits per heavy atom. The molecular formula is C16H24N3O3+. The lowest BCUT2D eigenvalue weighted by atomic mass is 10.1. The minimum atomic E-state index is -0.351. The Labute approximate surface area is 130 Å². The van der Waals surface area contributed by atoms with Gasteiger partial charge in [0, 0.05) is 37.1 Å². The normalized spacial score (nSPS) is 19.8. The number of nitro benzene ring substituents is 1. The Balaban J connectivity index is 1.85. The van der Waals surface area contributed by atoms with Crippen LogP contribution >= 0.6 is 0 Å². The maximum atomic E-state index is 11.2. The number of nitro groups is 1. The monoisotopic (exact) mass is 306 g/mol. The van der Waals surface area contributed by atoms with Gasteiger partial charge < -0.3 is 10.0 Å². The van der Waals surface area contributed by atoms with Gasteiger partial charge in [-0.05, 0) is 25.9 Å². The minimum absolute atomic E-state index is 0.0978. The van der Waals surface area contributed by atoms with Gasteiger partial charge in [0.1, 0.15) is 12.3 Å². The molecule has 0 unspecified atom stereocenters. The molecule has 2 aliphatic rings. The van der Waals surface area contributed by atoms with E-state index in [4.69, 9.17) is 0 Å². The highest BCUT2D eigenvalue weighted by molar-refractivity contribution is 5.49. The van der Waals surface area contributed by atoms with Crippen molar-refractivity contribution >= 4 is 5.69 Å². The molecule has 2 N–H and O–H groups in total. The maximum absolute atomic E-state index is 11.2. The van der Waals surface area contributed by atoms with Crippen LogP contribution in [0.4, 0.5) is 5.69 Å². The third kappa shape index (κ3) is 3.39. The molecule has 6 heteroatoms. The standard InChI is InChI=1S/C16H23N3O3/c20-16-13(11-17-5-1-2-6-17)9-15(19(21)22)10-14(16)12-18-7-3-4-8-18/h9-10,20H,1-8,11-12H2/p+1. The maximum Gasteiger partial charge on any atom is 0.270 e. The molecular weight excluding hydrogens is 282 g/mol. The van der Waals surface area contributed by atoms with Crippen LogP contribution in [-0.2, 0) is 13.1 Å². The fourth-order valence-electron chi connectivity index (χ4n) is 3.61. The molecule has 22 heavy (non-hydrogen) atoms. The third-order valence-electron chi connectivity index (χ3n) is 4.81. The number of quaternary nitrogens is 1. The first-order valence-electron chi connectivity index (χ1n) is 8.18. The highest BCUT2D eigenvalue weighted by atomic mass is 16.6. The summed E-state index contributed by atoms with van der Waals surface area (Å²) in [7, 11) is 0. The molecule has 0 atom stereocenters. The summed E-state index contributed by atoms with van der Waals surface area (Å²) in [6, 6.07) is 3.09. The van der Waals surface area contributed by atoms with E-state index in [1.165, 1.54) is 36.6 Å². The van der Waals surface area contributed by atoms with Gasteiger partial charge in [0.15, 0.2) is 0 Å². The van der Waals surface area contributed by atoms with Crippen molar-refractivity contribution in [1.29, 1.82) is 0 Å². The van der Waals surface area contributed by atoms with Crippen LogP contribution < -0.4 is 4.90 Å². The molecule has 0 aliphatic carbocycles. The second kappa shape index (κ2) is 6.62. The highest BCUT2D eigenvalue weighted by Gasteiger charge is 2.23. The SMILES string of the molecule is O=[N+]([O-])c1cc(CN2CCCC2)c(O)c(C[NH+]2CCCC2)c1. The number of non-ortho nitro benzene ring substituents is 1. The summed E-state index contributed by atoms with van der Waals surface area (Å²) >= 11 is 0. The van der Waals surface area contributed by atoms with Gasteiger partial charge in [0.2, 0.25) is 0 Å². The Morgan fingerprint density at radius 1 is 1.14 bits per heavy atom. The molecule has 0 spiro atoms. The predicted octanol–water partition coefficient (Wildman–Crippen LogP) is 1.07. The van der Waals surface area contributed by atoms with Crippen molar-refractivity contribution in [3.8, 4) is 5.75 Å². The van der Waals surface area contributed by atoms with Crippen LogP contribution in [0.25, 0.3) is 0 Å². The van der Waals surface area contributed by atoms with Crippen molar-refractivity contribution in [2.45, 2.75) is 38.8 Å². The number of hydrogen-bond acceptors (Lipinski definition) is 4. The van der Waals surface area contributed by atoms with E-state index in [1.54, 1.807) is 6.07 Å². The molecule has 0 bridgehead atoms. The smallest absolute Gasteiger partial charge is 0.270 e. The van der Waals surface area contributed by atoms with Crippen LogP contribution in [0, 0.1) is 10.1 Å². The highest BCUT2D eigenvalue weighted by Crippen LogP contribution is 2.30. The average molecular weight is 306 g/mol. The van der Waals surface area contributed by atoms with E-state index in [2.05, 4.69) is 4.90 Å². The quantitative estimate of drug-likeness (QED) is 0.631. The third-order valence-corrected chi connectivity index (χ3v) is 4.81. The number of rotatable bonds is 5. The van der Waals surface area contributed by atoms with E-state index < -0.39 is 0 Å². The van der Waals surface area contributed by atoms with E-state index in [-0.39, 0.29) is 16.4 Å². The summed E-state index contributed by atoms with van der Waals surface area (Å²) in [5.74, 6) is 0.261. The molecule has 2 heterocycles. The number of benzene rings is 1. The molecule has 3 rings (SSSR count). The molecule has 120 valence electrons. The first-order chi connectivity index (χ1) is 10.6. The molecule has 2 fully saturated rings. The summed E-state index contributed by atoms with van der Waals surface area (Å²) in [6.07, 6.45) is 4.73. The molecule has 2 aliphatic heterocycles. The summed E-state index contributed by atoms with van der Waals surface area (Å²) in [4.78, 5) is 14.5. The first-order valence-corrected chi connectivity index (χ1v) is 8.18. The Hall–Kier alpha value is -1.66. The van der Waals surface area contributed by atoms with E-state index in [0.717, 1.165) is 31.7 Å². The van der Waals surface area contributed by atoms with E-state index in [1.807, 2.05) is 0 Å². The fraction of sp³-hybridized carbons (Fsp3) is 0.625. The summed E-state index contributed by atoms with van der Waals surface area (Å²) < 4.78 is 0. The van der Waals surface area contributed by atoms with Crippen molar-refractivity contribution in [2.24, 2.45) is 0 Å². The lowest BCUT2D eigenvalue weighted by Gasteiger charge is -2.18. The van der Waals surface area contributed by atoms with Crippen molar-refractivity contribution < 1.29 is 14.9 Å². The lowest BCUT2D eigenvalue weighted by molar-refractivity contribution is -0.901. The fourth-order valence-corrected chi connectivity index (χ4v) is 3.61. The molecule has 0 radical (unpaired) electrons. The van der Waals surface area contributed by atoms with E-state index in [0.29, 0.717) is 18.7 Å². The summed E-state index contributed by atoms with van der Waals surface area (Å²) in [5, 5.41) is 21.7. The van der Waals surface area contributed by atoms with Crippen LogP contribution in [0.2, 0.25) is 0 Å². The molecule has 0 aromatic heterocycles. The van der Waals surface area contributed by atoms with Crippen molar-refractivity contribution in [1.82, 2.24) is 4.90 Å². The molecule has 1 aromatic carbocycles. The van der Waals surface area contributed by atoms with E-state index >= 15 is 0 Å². The number of nitrogens with one attached hydrogen (secondary N) is 1. The van der Waals surface area contributed by atoms with Crippen LogP contribution in [0.3, 0.4) is 0 Å². The number of likely N-dealkylation sites (tertiary alicyclic amines) is 2. The molecule has 6 nitrogen and oxygen atoms in total. The van der Waals surface area contributed by atoms with Crippen molar-refractivity contribution in [3.05, 3.63) is 33.4 Å². The minimum Gasteiger partial charge on any atom is -0.507 e. The number of aromatic hydroxyl groups is 1. The number of phenols is 1. The number of nitrogens with zero attached hydrogens (tertiary/aromatic N) is 2. The van der Waals surface area contributed by atoms with Crippen LogP contribution in [0.15, 0.2) is 12.1 Å². The van der Waals surface area contributed by atoms with Gasteiger partial charge in [-0.25, -0.2) is 0 Å². The lowest BCUT2D eigenvalue weighted by Crippen LogP contribution is -3.08. The molecule has 2 saturated heterocycles. The number of phenolic OH excluding ortho intramolecular Hbond substituents is 1. The Kier molecular flexibility index (Phi) is 4.59. The Bertz CT molecular complexity index is 511. The van der Waals surface area contributed by atoms with Crippen LogP contribution in [-0.4, -0.2) is 41.1 Å². The first kappa shape index (κ1) is 15.2. The van der Waals surface area contributed by atoms with E-state index in [9.17, 15) is 15.2 Å². The zero-order valence-corrected chi connectivity index (χ0v) is 12.9. The van der Waals surface area contributed by atoms with Gasteiger partial charge in [-0.15, -0.1) is 0 Å². The molecule has 0 amide bonds. The van der Waals surface area contributed by atoms with Crippen molar-refractivity contribution in [3.63, 3.8) is 0 Å². The van der Waals surface area contributed by atoms with Crippen LogP contribution in [0.1, 0.15) is 36.8 Å². The van der Waals surface area contributed by atoms with Gasteiger partial charge in [-0.2, -0.15) is 0 Å². The van der Waals surface area contributed by atoms with Gasteiger partial charge in [-0.3, -0.25) is 15.0 Å². The van der Waals surface area contributed by atoms with Gasteiger partial charge in [0.05, 0.1) is 23.6 Å². The zero-order chi connectivity index (χ0) is 15.5.